The number of aromatic hydroxyl groups is 1. The van der Waals surface area contributed by atoms with Gasteiger partial charge in [0.25, 0.3) is 0 Å². The number of ether oxygens (including phenoxy) is 1. The lowest BCUT2D eigenvalue weighted by Gasteiger charge is -2.34. The van der Waals surface area contributed by atoms with Crippen LogP contribution in [0.5, 0.6) is 11.8 Å². The zero-order valence-electron chi connectivity index (χ0n) is 24.9. The highest BCUT2D eigenvalue weighted by Crippen LogP contribution is 2.47. The van der Waals surface area contributed by atoms with Crippen LogP contribution in [0.25, 0.3) is 32.8 Å². The monoisotopic (exact) mass is 581 g/mol. The maximum atomic E-state index is 16.8. The zero-order valence-corrected chi connectivity index (χ0v) is 24.9. The minimum atomic E-state index is -0.403. The predicted molar refractivity (Wildman–Crippen MR) is 168 cm³/mol. The van der Waals surface area contributed by atoms with Crippen molar-refractivity contribution in [2.75, 3.05) is 44.2 Å². The first-order valence-corrected chi connectivity index (χ1v) is 16.1. The minimum Gasteiger partial charge on any atom is -0.508 e. The van der Waals surface area contributed by atoms with Crippen molar-refractivity contribution in [3.8, 4) is 22.9 Å². The first-order chi connectivity index (χ1) is 21.0. The summed E-state index contributed by atoms with van der Waals surface area (Å²) in [7, 11) is 0. The third-order valence-corrected chi connectivity index (χ3v) is 10.2. The second-order valence-corrected chi connectivity index (χ2v) is 13.3. The van der Waals surface area contributed by atoms with Crippen LogP contribution < -0.4 is 15.0 Å². The number of hydrogen-bond acceptors (Lipinski definition) is 7. The molecule has 224 valence electrons. The van der Waals surface area contributed by atoms with Gasteiger partial charge < -0.3 is 25.0 Å². The molecular formula is C35H40FN5O2. The van der Waals surface area contributed by atoms with Crippen LogP contribution in [0.3, 0.4) is 0 Å². The molecule has 1 aromatic heterocycles. The van der Waals surface area contributed by atoms with Crippen LogP contribution in [0.1, 0.15) is 51.0 Å². The number of nitrogens with zero attached hydrogens (tertiary/aromatic N) is 4. The highest BCUT2D eigenvalue weighted by molar-refractivity contribution is 6.03. The molecule has 2 bridgehead atoms. The Morgan fingerprint density at radius 3 is 2.56 bits per heavy atom. The third-order valence-electron chi connectivity index (χ3n) is 10.2. The number of halogens is 1. The van der Waals surface area contributed by atoms with Gasteiger partial charge in [-0.1, -0.05) is 31.2 Å². The number of likely N-dealkylation sites (tertiary alicyclic amines) is 1. The summed E-state index contributed by atoms with van der Waals surface area (Å²) in [6.07, 6.45) is 7.94. The number of piperazine rings is 1. The van der Waals surface area contributed by atoms with Crippen LogP contribution in [-0.2, 0) is 6.42 Å². The van der Waals surface area contributed by atoms with E-state index >= 15 is 4.39 Å². The standard InChI is InChI=1S/C35H40FN5O2/c1-2-22-6-5-7-23-16-26(42)17-29(30(22)23)27-10-11-28-32(31(27)36)38-34(39-33(28)41-18-24-8-9-25(19-41)37-24)43-21-35(12-13-35)20-40-14-3-4-15-40/h5-7,10-11,16-17,24-25,37,42H,2-4,8-9,12-15,18-21H2,1H3. The molecule has 0 amide bonds. The van der Waals surface area contributed by atoms with Crippen LogP contribution in [0.15, 0.2) is 42.5 Å². The van der Waals surface area contributed by atoms with Gasteiger partial charge in [0.15, 0.2) is 5.82 Å². The molecule has 0 radical (unpaired) electrons. The van der Waals surface area contributed by atoms with Crippen molar-refractivity contribution in [1.82, 2.24) is 20.2 Å². The van der Waals surface area contributed by atoms with E-state index in [1.54, 1.807) is 12.1 Å². The van der Waals surface area contributed by atoms with Gasteiger partial charge in [0.05, 0.1) is 6.61 Å². The number of hydrogen-bond donors (Lipinski definition) is 2. The number of aromatic nitrogens is 2. The molecule has 43 heavy (non-hydrogen) atoms. The quantitative estimate of drug-likeness (QED) is 0.262. The number of rotatable bonds is 8. The van der Waals surface area contributed by atoms with Crippen LogP contribution >= 0.6 is 0 Å². The smallest absolute Gasteiger partial charge is 0.319 e. The Kier molecular flexibility index (Phi) is 6.67. The molecule has 4 aromatic rings. The Morgan fingerprint density at radius 1 is 1.02 bits per heavy atom. The second-order valence-electron chi connectivity index (χ2n) is 13.3. The van der Waals surface area contributed by atoms with Crippen molar-refractivity contribution in [2.45, 2.75) is 64.0 Å². The number of aryl methyl sites for hydroxylation is 1. The van der Waals surface area contributed by atoms with Crippen molar-refractivity contribution in [3.05, 3.63) is 53.8 Å². The predicted octanol–water partition coefficient (Wildman–Crippen LogP) is 6.05. The van der Waals surface area contributed by atoms with Gasteiger partial charge >= 0.3 is 6.01 Å². The molecule has 8 heteroatoms. The third kappa shape index (κ3) is 4.98. The average molecular weight is 582 g/mol. The van der Waals surface area contributed by atoms with Crippen molar-refractivity contribution in [1.29, 1.82) is 0 Å². The molecule has 7 nitrogen and oxygen atoms in total. The first kappa shape index (κ1) is 27.1. The summed E-state index contributed by atoms with van der Waals surface area (Å²) in [4.78, 5) is 14.6. The summed E-state index contributed by atoms with van der Waals surface area (Å²) in [5.74, 6) is 0.468. The van der Waals surface area contributed by atoms with Gasteiger partial charge in [-0.2, -0.15) is 9.97 Å². The fraction of sp³-hybridized carbons (Fsp3) is 0.486. The lowest BCUT2D eigenvalue weighted by molar-refractivity contribution is 0.170. The van der Waals surface area contributed by atoms with Crippen LogP contribution in [0.4, 0.5) is 10.2 Å². The molecule has 4 aliphatic rings. The molecule has 1 saturated carbocycles. The molecule has 2 atom stereocenters. The maximum Gasteiger partial charge on any atom is 0.319 e. The largest absolute Gasteiger partial charge is 0.508 e. The topological polar surface area (TPSA) is 73.8 Å². The van der Waals surface area contributed by atoms with E-state index in [1.165, 1.54) is 25.9 Å². The number of phenolic OH excluding ortho intramolecular Hbond substituents is 1. The molecule has 3 aliphatic heterocycles. The molecule has 0 spiro atoms. The van der Waals surface area contributed by atoms with E-state index in [2.05, 4.69) is 28.1 Å². The Hall–Kier alpha value is -3.49. The fourth-order valence-corrected chi connectivity index (χ4v) is 7.76. The Bertz CT molecular complexity index is 1690. The van der Waals surface area contributed by atoms with Gasteiger partial charge in [0, 0.05) is 48.1 Å². The number of phenols is 1. The number of nitrogens with one attached hydrogen (secondary N) is 1. The lowest BCUT2D eigenvalue weighted by atomic mass is 9.92. The summed E-state index contributed by atoms with van der Waals surface area (Å²) >= 11 is 0. The minimum absolute atomic E-state index is 0.117. The van der Waals surface area contributed by atoms with E-state index < -0.39 is 5.82 Å². The van der Waals surface area contributed by atoms with Gasteiger partial charge in [0.2, 0.25) is 0 Å². The van der Waals surface area contributed by atoms with Gasteiger partial charge in [-0.25, -0.2) is 4.39 Å². The first-order valence-electron chi connectivity index (χ1n) is 16.1. The molecule has 3 aromatic carbocycles. The molecule has 8 rings (SSSR count). The molecule has 4 fully saturated rings. The van der Waals surface area contributed by atoms with Gasteiger partial charge in [0.1, 0.15) is 17.1 Å². The number of fused-ring (bicyclic) bond motifs is 4. The average Bonchev–Trinajstić information content (AvgIpc) is 3.42. The SMILES string of the molecule is CCc1cccc2cc(O)cc(-c3ccc4c(N5CC6CCC(C5)N6)nc(OCC5(CN6CCCC6)CC5)nc4c3F)c12. The molecule has 3 saturated heterocycles. The van der Waals surface area contributed by atoms with Crippen molar-refractivity contribution < 1.29 is 14.2 Å². The van der Waals surface area contributed by atoms with Crippen molar-refractivity contribution in [2.24, 2.45) is 5.41 Å². The lowest BCUT2D eigenvalue weighted by Crippen LogP contribution is -2.51. The molecular weight excluding hydrogens is 541 g/mol. The maximum absolute atomic E-state index is 16.8. The van der Waals surface area contributed by atoms with Crippen LogP contribution in [0.2, 0.25) is 0 Å². The van der Waals surface area contributed by atoms with Crippen molar-refractivity contribution in [3.63, 3.8) is 0 Å². The Balaban J connectivity index is 1.22. The van der Waals surface area contributed by atoms with E-state index in [0.717, 1.165) is 73.9 Å². The van der Waals surface area contributed by atoms with Gasteiger partial charge in [-0.05, 0) is 98.1 Å². The van der Waals surface area contributed by atoms with E-state index in [-0.39, 0.29) is 22.7 Å². The Labute approximate surface area is 252 Å². The summed E-state index contributed by atoms with van der Waals surface area (Å²) in [5, 5.41) is 16.9. The van der Waals surface area contributed by atoms with Crippen LogP contribution in [0, 0.1) is 11.2 Å². The van der Waals surface area contributed by atoms with E-state index in [4.69, 9.17) is 14.7 Å². The second kappa shape index (κ2) is 10.6. The van der Waals surface area contributed by atoms with Crippen molar-refractivity contribution >= 4 is 27.5 Å². The summed E-state index contributed by atoms with van der Waals surface area (Å²) in [5.41, 5.74) is 2.64. The molecule has 1 aliphatic carbocycles. The van der Waals surface area contributed by atoms with Crippen LogP contribution in [-0.4, -0.2) is 71.4 Å². The number of benzene rings is 3. The zero-order chi connectivity index (χ0) is 29.1. The van der Waals surface area contributed by atoms with E-state index in [1.807, 2.05) is 24.3 Å². The highest BCUT2D eigenvalue weighted by Gasteiger charge is 2.45. The summed E-state index contributed by atoms with van der Waals surface area (Å²) < 4.78 is 23.2. The number of anilines is 1. The molecule has 2 N–H and O–H groups in total. The highest BCUT2D eigenvalue weighted by atomic mass is 19.1. The van der Waals surface area contributed by atoms with Gasteiger partial charge in [-0.15, -0.1) is 0 Å². The molecule has 4 heterocycles. The fourth-order valence-electron chi connectivity index (χ4n) is 7.76. The summed E-state index contributed by atoms with van der Waals surface area (Å²) in [6, 6.07) is 14.3. The Morgan fingerprint density at radius 2 is 1.81 bits per heavy atom. The van der Waals surface area contributed by atoms with E-state index in [0.29, 0.717) is 35.2 Å². The normalized spacial score (nSPS) is 23.0. The summed E-state index contributed by atoms with van der Waals surface area (Å²) in [6.45, 7) is 7.71. The van der Waals surface area contributed by atoms with E-state index in [9.17, 15) is 5.11 Å². The molecule has 2 unspecified atom stereocenters. The van der Waals surface area contributed by atoms with Gasteiger partial charge in [-0.3, -0.25) is 0 Å².